The Morgan fingerprint density at radius 1 is 1.28 bits per heavy atom. The molecule has 1 atom stereocenters. The van der Waals surface area contributed by atoms with E-state index >= 15 is 0 Å². The van der Waals surface area contributed by atoms with E-state index in [9.17, 15) is 14.9 Å². The van der Waals surface area contributed by atoms with E-state index in [-0.39, 0.29) is 17.6 Å². The van der Waals surface area contributed by atoms with Crippen LogP contribution in [0, 0.1) is 10.1 Å². The highest BCUT2D eigenvalue weighted by atomic mass is 32.2. The highest BCUT2D eigenvalue weighted by molar-refractivity contribution is 8.00. The minimum Gasteiger partial charge on any atom is -0.497 e. The van der Waals surface area contributed by atoms with Gasteiger partial charge in [0.15, 0.2) is 0 Å². The molecule has 0 saturated carbocycles. The zero-order chi connectivity index (χ0) is 18.4. The van der Waals surface area contributed by atoms with Gasteiger partial charge in [-0.25, -0.2) is 0 Å². The molecule has 1 amide bonds. The summed E-state index contributed by atoms with van der Waals surface area (Å²) in [5, 5.41) is 10.9. The molecule has 7 heteroatoms. The Morgan fingerprint density at radius 3 is 2.56 bits per heavy atom. The van der Waals surface area contributed by atoms with Gasteiger partial charge in [0.25, 0.3) is 5.69 Å². The van der Waals surface area contributed by atoms with Crippen molar-refractivity contribution in [1.82, 2.24) is 4.90 Å². The van der Waals surface area contributed by atoms with E-state index in [0.717, 1.165) is 16.2 Å². The first-order valence-corrected chi connectivity index (χ1v) is 8.67. The number of methoxy groups -OCH3 is 1. The first-order chi connectivity index (χ1) is 11.9. The van der Waals surface area contributed by atoms with Crippen molar-refractivity contribution >= 4 is 23.4 Å². The lowest BCUT2D eigenvalue weighted by Crippen LogP contribution is -2.31. The molecule has 0 fully saturated rings. The molecule has 132 valence electrons. The molecule has 0 aliphatic rings. The Kier molecular flexibility index (Phi) is 6.41. The van der Waals surface area contributed by atoms with Crippen LogP contribution in [0.4, 0.5) is 5.69 Å². The first kappa shape index (κ1) is 18.8. The van der Waals surface area contributed by atoms with Crippen molar-refractivity contribution in [3.63, 3.8) is 0 Å². The van der Waals surface area contributed by atoms with Gasteiger partial charge in [-0.2, -0.15) is 0 Å². The smallest absolute Gasteiger partial charge is 0.269 e. The predicted octanol–water partition coefficient (Wildman–Crippen LogP) is 3.92. The van der Waals surface area contributed by atoms with E-state index in [0.29, 0.717) is 5.75 Å². The number of rotatable bonds is 7. The maximum atomic E-state index is 12.4. The minimum absolute atomic E-state index is 0.0257. The minimum atomic E-state index is -0.433. The third-order valence-electron chi connectivity index (χ3n) is 3.96. The average Bonchev–Trinajstić information content (AvgIpc) is 2.65. The van der Waals surface area contributed by atoms with Crippen LogP contribution in [0.15, 0.2) is 53.4 Å². The molecular weight excluding hydrogens is 340 g/mol. The lowest BCUT2D eigenvalue weighted by atomic mass is 10.1. The largest absolute Gasteiger partial charge is 0.497 e. The van der Waals surface area contributed by atoms with Crippen LogP contribution >= 0.6 is 11.8 Å². The number of nitro benzene ring substituents is 1. The molecule has 0 saturated heterocycles. The number of hydrogen-bond acceptors (Lipinski definition) is 5. The quantitative estimate of drug-likeness (QED) is 0.425. The predicted molar refractivity (Wildman–Crippen MR) is 98.0 cm³/mol. The topological polar surface area (TPSA) is 72.7 Å². The van der Waals surface area contributed by atoms with E-state index in [1.54, 1.807) is 31.2 Å². The molecule has 0 heterocycles. The molecule has 0 N–H and O–H groups in total. The summed E-state index contributed by atoms with van der Waals surface area (Å²) in [6, 6.07) is 13.6. The van der Waals surface area contributed by atoms with Crippen molar-refractivity contribution in [1.29, 1.82) is 0 Å². The fraction of sp³-hybridized carbons (Fsp3) is 0.278. The number of ether oxygens (including phenoxy) is 1. The number of carbonyl (C=O) groups excluding carboxylic acids is 1. The zero-order valence-electron chi connectivity index (χ0n) is 14.3. The summed E-state index contributed by atoms with van der Waals surface area (Å²) < 4.78 is 5.11. The second-order valence-electron chi connectivity index (χ2n) is 5.50. The maximum Gasteiger partial charge on any atom is 0.269 e. The van der Waals surface area contributed by atoms with Gasteiger partial charge in [-0.3, -0.25) is 14.9 Å². The Labute approximate surface area is 150 Å². The summed E-state index contributed by atoms with van der Waals surface area (Å²) in [4.78, 5) is 25.5. The van der Waals surface area contributed by atoms with Crippen LogP contribution in [0.2, 0.25) is 0 Å². The van der Waals surface area contributed by atoms with Crippen molar-refractivity contribution in [3.8, 4) is 5.75 Å². The SMILES string of the molecule is COc1ccc(SCC(=O)N(C)[C@@H](C)c2cccc([N+](=O)[O-])c2)cc1. The molecule has 0 radical (unpaired) electrons. The monoisotopic (exact) mass is 360 g/mol. The lowest BCUT2D eigenvalue weighted by Gasteiger charge is -2.25. The number of hydrogen-bond donors (Lipinski definition) is 0. The van der Waals surface area contributed by atoms with Crippen molar-refractivity contribution in [2.45, 2.75) is 17.9 Å². The summed E-state index contributed by atoms with van der Waals surface area (Å²) in [5.41, 5.74) is 0.761. The number of amides is 1. The number of non-ortho nitro benzene ring substituents is 1. The second kappa shape index (κ2) is 8.53. The third-order valence-corrected chi connectivity index (χ3v) is 4.96. The van der Waals surface area contributed by atoms with Crippen molar-refractivity contribution in [2.24, 2.45) is 0 Å². The Bertz CT molecular complexity index is 749. The van der Waals surface area contributed by atoms with Crippen molar-refractivity contribution in [2.75, 3.05) is 19.9 Å². The molecule has 0 bridgehead atoms. The van der Waals surface area contributed by atoms with Crippen LogP contribution in [-0.2, 0) is 4.79 Å². The third kappa shape index (κ3) is 4.96. The van der Waals surface area contributed by atoms with Crippen LogP contribution in [0.5, 0.6) is 5.75 Å². The number of nitrogens with zero attached hydrogens (tertiary/aromatic N) is 2. The van der Waals surface area contributed by atoms with Crippen LogP contribution in [0.25, 0.3) is 0 Å². The highest BCUT2D eigenvalue weighted by Crippen LogP contribution is 2.25. The van der Waals surface area contributed by atoms with Gasteiger partial charge in [0.2, 0.25) is 5.91 Å². The zero-order valence-corrected chi connectivity index (χ0v) is 15.2. The van der Waals surface area contributed by atoms with Gasteiger partial charge in [-0.05, 0) is 36.8 Å². The molecule has 25 heavy (non-hydrogen) atoms. The molecule has 6 nitrogen and oxygen atoms in total. The molecule has 2 rings (SSSR count). The summed E-state index contributed by atoms with van der Waals surface area (Å²) in [5.74, 6) is 1.02. The van der Waals surface area contributed by atoms with E-state index < -0.39 is 4.92 Å². The second-order valence-corrected chi connectivity index (χ2v) is 6.55. The fourth-order valence-electron chi connectivity index (χ4n) is 2.26. The molecule has 0 aliphatic carbocycles. The molecule has 0 spiro atoms. The molecule has 0 aromatic heterocycles. The molecule has 2 aromatic rings. The standard InChI is InChI=1S/C18H20N2O4S/c1-13(14-5-4-6-15(11-14)20(22)23)19(2)18(21)12-25-17-9-7-16(24-3)8-10-17/h4-11,13H,12H2,1-3H3/t13-/m0/s1. The van der Waals surface area contributed by atoms with Crippen LogP contribution in [0.1, 0.15) is 18.5 Å². The number of benzene rings is 2. The number of carbonyl (C=O) groups is 1. The summed E-state index contributed by atoms with van der Waals surface area (Å²) >= 11 is 1.44. The normalized spacial score (nSPS) is 11.6. The summed E-state index contributed by atoms with van der Waals surface area (Å²) in [6.45, 7) is 1.86. The molecular formula is C18H20N2O4S. The van der Waals surface area contributed by atoms with Crippen molar-refractivity contribution in [3.05, 3.63) is 64.2 Å². The maximum absolute atomic E-state index is 12.4. The summed E-state index contributed by atoms with van der Waals surface area (Å²) in [7, 11) is 3.32. The van der Waals surface area contributed by atoms with Crippen LogP contribution in [0.3, 0.4) is 0 Å². The van der Waals surface area contributed by atoms with E-state index in [1.165, 1.54) is 23.9 Å². The Morgan fingerprint density at radius 2 is 1.96 bits per heavy atom. The van der Waals surface area contributed by atoms with Crippen molar-refractivity contribution < 1.29 is 14.5 Å². The highest BCUT2D eigenvalue weighted by Gasteiger charge is 2.19. The van der Waals surface area contributed by atoms with Crippen LogP contribution in [-0.4, -0.2) is 35.6 Å². The van der Waals surface area contributed by atoms with Gasteiger partial charge >= 0.3 is 0 Å². The van der Waals surface area contributed by atoms with E-state index in [4.69, 9.17) is 4.74 Å². The number of nitro groups is 1. The average molecular weight is 360 g/mol. The van der Waals surface area contributed by atoms with E-state index in [2.05, 4.69) is 0 Å². The van der Waals surface area contributed by atoms with Gasteiger partial charge in [-0.15, -0.1) is 11.8 Å². The summed E-state index contributed by atoms with van der Waals surface area (Å²) in [6.07, 6.45) is 0. The van der Waals surface area contributed by atoms with E-state index in [1.807, 2.05) is 31.2 Å². The Hall–Kier alpha value is -2.54. The van der Waals surface area contributed by atoms with Gasteiger partial charge in [0.05, 0.1) is 23.8 Å². The fourth-order valence-corrected chi connectivity index (χ4v) is 3.08. The molecule has 2 aromatic carbocycles. The van der Waals surface area contributed by atoms with Crippen LogP contribution < -0.4 is 4.74 Å². The van der Waals surface area contributed by atoms with Gasteiger partial charge in [0, 0.05) is 24.1 Å². The molecule has 0 aliphatic heterocycles. The molecule has 0 unspecified atom stereocenters. The van der Waals surface area contributed by atoms with Gasteiger partial charge < -0.3 is 9.64 Å². The van der Waals surface area contributed by atoms with Gasteiger partial charge in [-0.1, -0.05) is 12.1 Å². The number of thioether (sulfide) groups is 1. The lowest BCUT2D eigenvalue weighted by molar-refractivity contribution is -0.384. The first-order valence-electron chi connectivity index (χ1n) is 7.69. The van der Waals surface area contributed by atoms with Gasteiger partial charge in [0.1, 0.15) is 5.75 Å². The Balaban J connectivity index is 1.98.